The first-order valence-electron chi connectivity index (χ1n) is 5.25. The van der Waals surface area contributed by atoms with Crippen molar-refractivity contribution in [3.8, 4) is 5.75 Å². The highest BCUT2D eigenvalue weighted by atomic mass is 19.2. The first-order chi connectivity index (χ1) is 8.09. The molecular weight excluding hydrogens is 228 g/mol. The molecule has 0 N–H and O–H groups in total. The molecule has 0 radical (unpaired) electrons. The van der Waals surface area contributed by atoms with Crippen LogP contribution < -0.4 is 10.2 Å². The number of hydrogen-bond acceptors (Lipinski definition) is 2. The second-order valence-corrected chi connectivity index (χ2v) is 4.14. The van der Waals surface area contributed by atoms with E-state index in [9.17, 15) is 13.6 Å². The number of pyridine rings is 1. The fourth-order valence-corrected chi connectivity index (χ4v) is 2.13. The van der Waals surface area contributed by atoms with Crippen LogP contribution in [0.3, 0.4) is 0 Å². The molecule has 3 nitrogen and oxygen atoms in total. The minimum Gasteiger partial charge on any atom is -0.486 e. The van der Waals surface area contributed by atoms with Crippen molar-refractivity contribution in [2.75, 3.05) is 6.61 Å². The van der Waals surface area contributed by atoms with Gasteiger partial charge in [0.05, 0.1) is 16.9 Å². The average Bonchev–Trinajstić information content (AvgIpc) is 2.31. The van der Waals surface area contributed by atoms with E-state index in [2.05, 4.69) is 0 Å². The van der Waals surface area contributed by atoms with Crippen LogP contribution in [0.5, 0.6) is 5.75 Å². The molecule has 0 amide bonds. The molecule has 1 unspecified atom stereocenters. The largest absolute Gasteiger partial charge is 0.486 e. The zero-order valence-corrected chi connectivity index (χ0v) is 9.04. The highest BCUT2D eigenvalue weighted by molar-refractivity contribution is 5.85. The van der Waals surface area contributed by atoms with Gasteiger partial charge in [-0.15, -0.1) is 0 Å². The van der Waals surface area contributed by atoms with Gasteiger partial charge in [-0.25, -0.2) is 4.39 Å². The highest BCUT2D eigenvalue weighted by Gasteiger charge is 2.24. The zero-order valence-electron chi connectivity index (χ0n) is 9.04. The molecule has 1 aliphatic heterocycles. The summed E-state index contributed by atoms with van der Waals surface area (Å²) in [6, 6.07) is 2.26. The molecule has 1 aliphatic rings. The summed E-state index contributed by atoms with van der Waals surface area (Å²) in [6.45, 7) is 2.14. The van der Waals surface area contributed by atoms with E-state index in [0.717, 1.165) is 6.07 Å². The summed E-state index contributed by atoms with van der Waals surface area (Å²) in [4.78, 5) is 11.6. The predicted octanol–water partition coefficient (Wildman–Crippen LogP) is 2.23. The van der Waals surface area contributed by atoms with Crippen molar-refractivity contribution in [2.24, 2.45) is 0 Å². The van der Waals surface area contributed by atoms with E-state index in [0.29, 0.717) is 5.52 Å². The molecule has 1 atom stereocenters. The van der Waals surface area contributed by atoms with Gasteiger partial charge in [0.2, 0.25) is 5.82 Å². The predicted molar refractivity (Wildman–Crippen MR) is 58.3 cm³/mol. The number of hydrogen-bond donors (Lipinski definition) is 0. The Morgan fingerprint density at radius 3 is 3.00 bits per heavy atom. The van der Waals surface area contributed by atoms with Gasteiger partial charge >= 0.3 is 0 Å². The molecule has 17 heavy (non-hydrogen) atoms. The van der Waals surface area contributed by atoms with Crippen LogP contribution >= 0.6 is 0 Å². The molecule has 88 valence electrons. The molecule has 0 aliphatic carbocycles. The topological polar surface area (TPSA) is 31.2 Å². The van der Waals surface area contributed by atoms with Crippen LogP contribution in [0.2, 0.25) is 0 Å². The summed E-state index contributed by atoms with van der Waals surface area (Å²) in [6.07, 6.45) is 1.58. The fourth-order valence-electron chi connectivity index (χ4n) is 2.13. The molecule has 1 aromatic heterocycles. The van der Waals surface area contributed by atoms with E-state index in [4.69, 9.17) is 4.74 Å². The number of rotatable bonds is 0. The standard InChI is InChI=1S/C12H9F2NO2/c1-6-5-17-12-10(14)8(13)4-7-9(16)2-3-15(6)11(7)12/h2-4,6H,5H2,1H3. The van der Waals surface area contributed by atoms with E-state index >= 15 is 0 Å². The lowest BCUT2D eigenvalue weighted by atomic mass is 10.1. The third-order valence-electron chi connectivity index (χ3n) is 3.00. The second kappa shape index (κ2) is 3.29. The Hall–Kier alpha value is -1.91. The van der Waals surface area contributed by atoms with Crippen molar-refractivity contribution >= 4 is 10.9 Å². The Balaban J connectivity index is 2.57. The van der Waals surface area contributed by atoms with Crippen LogP contribution in [0.4, 0.5) is 8.78 Å². The van der Waals surface area contributed by atoms with E-state index in [1.807, 2.05) is 6.92 Å². The Morgan fingerprint density at radius 2 is 2.24 bits per heavy atom. The maximum Gasteiger partial charge on any atom is 0.202 e. The first kappa shape index (κ1) is 10.3. The molecule has 1 aromatic carbocycles. The Bertz CT molecular complexity index is 678. The summed E-state index contributed by atoms with van der Waals surface area (Å²) < 4.78 is 33.8. The van der Waals surface area contributed by atoms with Crippen molar-refractivity contribution in [2.45, 2.75) is 13.0 Å². The lowest BCUT2D eigenvalue weighted by Gasteiger charge is -2.26. The smallest absolute Gasteiger partial charge is 0.202 e. The van der Waals surface area contributed by atoms with Crippen molar-refractivity contribution in [3.63, 3.8) is 0 Å². The number of nitrogens with zero attached hydrogens (tertiary/aromatic N) is 1. The third kappa shape index (κ3) is 1.28. The Morgan fingerprint density at radius 1 is 1.47 bits per heavy atom. The number of aromatic nitrogens is 1. The molecule has 2 aromatic rings. The van der Waals surface area contributed by atoms with Crippen molar-refractivity contribution in [1.29, 1.82) is 0 Å². The van der Waals surface area contributed by atoms with Crippen LogP contribution in [0, 0.1) is 11.6 Å². The fraction of sp³-hybridized carbons (Fsp3) is 0.250. The number of ether oxygens (including phenoxy) is 1. The lowest BCUT2D eigenvalue weighted by Crippen LogP contribution is -2.23. The van der Waals surface area contributed by atoms with Gasteiger partial charge in [-0.3, -0.25) is 4.79 Å². The van der Waals surface area contributed by atoms with Gasteiger partial charge in [0.15, 0.2) is 17.0 Å². The molecule has 0 fully saturated rings. The van der Waals surface area contributed by atoms with Crippen LogP contribution in [-0.2, 0) is 0 Å². The molecule has 0 bridgehead atoms. The molecule has 3 rings (SSSR count). The second-order valence-electron chi connectivity index (χ2n) is 4.14. The van der Waals surface area contributed by atoms with Gasteiger partial charge in [0.25, 0.3) is 0 Å². The van der Waals surface area contributed by atoms with E-state index in [1.165, 1.54) is 6.07 Å². The van der Waals surface area contributed by atoms with Crippen LogP contribution in [0.15, 0.2) is 23.1 Å². The molecule has 0 saturated heterocycles. The molecule has 0 spiro atoms. The van der Waals surface area contributed by atoms with Crippen LogP contribution in [0.25, 0.3) is 10.9 Å². The Labute approximate surface area is 95.2 Å². The summed E-state index contributed by atoms with van der Waals surface area (Å²) in [7, 11) is 0. The van der Waals surface area contributed by atoms with Gasteiger partial charge in [0, 0.05) is 12.3 Å². The minimum atomic E-state index is -1.06. The maximum atomic E-state index is 13.6. The summed E-state index contributed by atoms with van der Waals surface area (Å²) in [5.41, 5.74) is -0.00995. The molecule has 0 saturated carbocycles. The summed E-state index contributed by atoms with van der Waals surface area (Å²) >= 11 is 0. The van der Waals surface area contributed by atoms with E-state index in [1.54, 1.807) is 10.8 Å². The van der Waals surface area contributed by atoms with E-state index < -0.39 is 11.6 Å². The summed E-state index contributed by atoms with van der Waals surface area (Å²) in [5, 5.41) is 0.146. The third-order valence-corrected chi connectivity index (χ3v) is 3.00. The molecule has 5 heteroatoms. The normalized spacial score (nSPS) is 18.2. The van der Waals surface area contributed by atoms with Crippen molar-refractivity contribution < 1.29 is 13.5 Å². The van der Waals surface area contributed by atoms with Gasteiger partial charge in [-0.05, 0) is 13.0 Å². The monoisotopic (exact) mass is 237 g/mol. The average molecular weight is 237 g/mol. The van der Waals surface area contributed by atoms with Gasteiger partial charge in [-0.2, -0.15) is 4.39 Å². The minimum absolute atomic E-state index is 0.0181. The summed E-state index contributed by atoms with van der Waals surface area (Å²) in [5.74, 6) is -2.27. The maximum absolute atomic E-state index is 13.6. The van der Waals surface area contributed by atoms with Crippen LogP contribution in [0.1, 0.15) is 13.0 Å². The van der Waals surface area contributed by atoms with Gasteiger partial charge < -0.3 is 9.30 Å². The SMILES string of the molecule is CC1COc2c(F)c(F)cc3c(=O)ccn1c23. The number of benzene rings is 1. The highest BCUT2D eigenvalue weighted by Crippen LogP contribution is 2.34. The first-order valence-corrected chi connectivity index (χ1v) is 5.25. The number of halogens is 2. The van der Waals surface area contributed by atoms with Crippen molar-refractivity contribution in [1.82, 2.24) is 4.57 Å². The van der Waals surface area contributed by atoms with E-state index in [-0.39, 0.29) is 29.2 Å². The van der Waals surface area contributed by atoms with Crippen molar-refractivity contribution in [3.05, 3.63) is 40.2 Å². The zero-order chi connectivity index (χ0) is 12.2. The van der Waals surface area contributed by atoms with Gasteiger partial charge in [0.1, 0.15) is 6.61 Å². The molecular formula is C12H9F2NO2. The van der Waals surface area contributed by atoms with Gasteiger partial charge in [-0.1, -0.05) is 0 Å². The molecule has 2 heterocycles. The lowest BCUT2D eigenvalue weighted by molar-refractivity contribution is 0.233. The quantitative estimate of drug-likeness (QED) is 0.703. The van der Waals surface area contributed by atoms with Crippen LogP contribution in [-0.4, -0.2) is 11.2 Å². The Kier molecular flexibility index (Phi) is 1.98.